The van der Waals surface area contributed by atoms with Gasteiger partial charge in [-0.15, -0.1) is 0 Å². The Balaban J connectivity index is 1.73. The van der Waals surface area contributed by atoms with Gasteiger partial charge in [-0.1, -0.05) is 40.7 Å². The number of methoxy groups -OCH3 is 1. The van der Waals surface area contributed by atoms with Gasteiger partial charge in [0, 0.05) is 29.6 Å². The molecular weight excluding hydrogens is 588 g/mol. The third-order valence-corrected chi connectivity index (χ3v) is 11.8. The molecule has 0 spiro atoms. The van der Waals surface area contributed by atoms with Crippen LogP contribution in [0.2, 0.25) is 0 Å². The molecule has 2 saturated heterocycles. The molecule has 3 heterocycles. The van der Waals surface area contributed by atoms with Gasteiger partial charge in [0.15, 0.2) is 17.5 Å². The van der Waals surface area contributed by atoms with Crippen molar-refractivity contribution in [1.29, 1.82) is 0 Å². The van der Waals surface area contributed by atoms with Crippen LogP contribution in [0, 0.1) is 28.6 Å². The third-order valence-electron chi connectivity index (χ3n) is 11.8. The van der Waals surface area contributed by atoms with Crippen LogP contribution in [0.4, 0.5) is 0 Å². The second-order valence-electron chi connectivity index (χ2n) is 13.9. The normalized spacial score (nSPS) is 42.1. The largest absolute Gasteiger partial charge is 0.472 e. The first kappa shape index (κ1) is 33.3. The molecule has 248 valence electrons. The summed E-state index contributed by atoms with van der Waals surface area (Å²) >= 11 is 0. The molecule has 12 heteroatoms. The molecular formula is C33H44O12. The Morgan fingerprint density at radius 1 is 1.20 bits per heavy atom. The van der Waals surface area contributed by atoms with Crippen molar-refractivity contribution in [2.45, 2.75) is 102 Å². The SMILES string of the molecule is C=C1[C@@H]2[C@@H](O[C@H]3CC(=O)O[C@](C)(CO)[C@H](CC(=O)OC)[C@]32C)[C@H](OC(=O)[C@H](O)[C@@H](C)CC)[C@@]2(C)[C@H](c3ccoc3)CC(=O)[C@]12O. The van der Waals surface area contributed by atoms with Gasteiger partial charge in [-0.3, -0.25) is 14.4 Å². The van der Waals surface area contributed by atoms with E-state index in [0.717, 1.165) is 0 Å². The zero-order valence-electron chi connectivity index (χ0n) is 26.6. The van der Waals surface area contributed by atoms with Crippen molar-refractivity contribution in [3.63, 3.8) is 0 Å². The monoisotopic (exact) mass is 632 g/mol. The number of rotatable bonds is 8. The second-order valence-corrected chi connectivity index (χ2v) is 13.9. The number of furan rings is 1. The highest BCUT2D eigenvalue weighted by Gasteiger charge is 2.79. The van der Waals surface area contributed by atoms with Gasteiger partial charge in [0.1, 0.15) is 17.8 Å². The van der Waals surface area contributed by atoms with Crippen LogP contribution in [0.15, 0.2) is 35.2 Å². The van der Waals surface area contributed by atoms with Gasteiger partial charge < -0.3 is 38.7 Å². The lowest BCUT2D eigenvalue weighted by molar-refractivity contribution is -0.214. The van der Waals surface area contributed by atoms with Crippen molar-refractivity contribution >= 4 is 23.7 Å². The molecule has 2 saturated carbocycles. The van der Waals surface area contributed by atoms with Crippen molar-refractivity contribution < 1.29 is 57.9 Å². The smallest absolute Gasteiger partial charge is 0.335 e. The molecule has 12 nitrogen and oxygen atoms in total. The van der Waals surface area contributed by atoms with Crippen molar-refractivity contribution in [3.05, 3.63) is 36.3 Å². The van der Waals surface area contributed by atoms with Crippen LogP contribution in [0.25, 0.3) is 0 Å². The number of ether oxygens (including phenoxy) is 4. The molecule has 2 aliphatic heterocycles. The van der Waals surface area contributed by atoms with E-state index < -0.39 is 100 Å². The Kier molecular flexibility index (Phi) is 8.38. The minimum absolute atomic E-state index is 0.0928. The lowest BCUT2D eigenvalue weighted by Gasteiger charge is -2.57. The summed E-state index contributed by atoms with van der Waals surface area (Å²) < 4.78 is 28.9. The van der Waals surface area contributed by atoms with Gasteiger partial charge in [-0.05, 0) is 30.0 Å². The molecule has 0 radical (unpaired) electrons. The van der Waals surface area contributed by atoms with Crippen molar-refractivity contribution in [3.8, 4) is 0 Å². The van der Waals surface area contributed by atoms with E-state index in [1.807, 2.05) is 6.92 Å². The van der Waals surface area contributed by atoms with Crippen molar-refractivity contribution in [1.82, 2.24) is 0 Å². The van der Waals surface area contributed by atoms with Crippen molar-refractivity contribution in [2.24, 2.45) is 28.6 Å². The summed E-state index contributed by atoms with van der Waals surface area (Å²) in [6, 6.07) is 1.67. The first-order valence-corrected chi connectivity index (χ1v) is 15.5. The fraction of sp³-hybridized carbons (Fsp3) is 0.697. The summed E-state index contributed by atoms with van der Waals surface area (Å²) in [5, 5.41) is 34.2. The van der Waals surface area contributed by atoms with E-state index in [1.54, 1.807) is 26.8 Å². The Labute approximate surface area is 262 Å². The number of fused-ring (bicyclic) bond motifs is 4. The van der Waals surface area contributed by atoms with Crippen LogP contribution in [-0.4, -0.2) is 88.3 Å². The summed E-state index contributed by atoms with van der Waals surface area (Å²) in [4.78, 5) is 53.7. The van der Waals surface area contributed by atoms with Gasteiger partial charge in [0.25, 0.3) is 0 Å². The van der Waals surface area contributed by atoms with Crippen LogP contribution < -0.4 is 0 Å². The number of carbonyl (C=O) groups is 4. The first-order chi connectivity index (χ1) is 21.1. The molecule has 1 aromatic rings. The van der Waals surface area contributed by atoms with E-state index in [-0.39, 0.29) is 24.8 Å². The molecule has 5 rings (SSSR count). The number of hydrogen-bond acceptors (Lipinski definition) is 12. The average molecular weight is 633 g/mol. The zero-order valence-corrected chi connectivity index (χ0v) is 26.6. The van der Waals surface area contributed by atoms with E-state index in [4.69, 9.17) is 23.4 Å². The summed E-state index contributed by atoms with van der Waals surface area (Å²) in [6.07, 6.45) is -2.18. The van der Waals surface area contributed by atoms with E-state index in [0.29, 0.717) is 12.0 Å². The predicted molar refractivity (Wildman–Crippen MR) is 155 cm³/mol. The Bertz CT molecular complexity index is 1370. The molecule has 4 fully saturated rings. The number of esters is 3. The van der Waals surface area contributed by atoms with Crippen LogP contribution in [0.1, 0.15) is 71.8 Å². The summed E-state index contributed by atoms with van der Waals surface area (Å²) in [6.45, 7) is 12.1. The lowest BCUT2D eigenvalue weighted by atomic mass is 9.48. The van der Waals surface area contributed by atoms with Gasteiger partial charge in [0.2, 0.25) is 0 Å². The number of aliphatic hydroxyl groups excluding tert-OH is 2. The van der Waals surface area contributed by atoms with Crippen LogP contribution in [0.5, 0.6) is 0 Å². The summed E-state index contributed by atoms with van der Waals surface area (Å²) in [7, 11) is 1.22. The highest BCUT2D eigenvalue weighted by atomic mass is 16.6. The van der Waals surface area contributed by atoms with Crippen LogP contribution >= 0.6 is 0 Å². The zero-order chi connectivity index (χ0) is 33.3. The number of Topliss-reactive ketones (excluding diaryl/α,β-unsaturated/α-hetero) is 1. The predicted octanol–water partition coefficient (Wildman–Crippen LogP) is 2.23. The van der Waals surface area contributed by atoms with Crippen molar-refractivity contribution in [2.75, 3.05) is 13.7 Å². The van der Waals surface area contributed by atoms with Crippen LogP contribution in [0.3, 0.4) is 0 Å². The third kappa shape index (κ3) is 4.54. The fourth-order valence-corrected chi connectivity index (χ4v) is 8.88. The fourth-order valence-electron chi connectivity index (χ4n) is 8.88. The minimum Gasteiger partial charge on any atom is -0.472 e. The second kappa shape index (κ2) is 11.3. The number of hydrogen-bond donors (Lipinski definition) is 3. The Morgan fingerprint density at radius 2 is 1.89 bits per heavy atom. The van der Waals surface area contributed by atoms with E-state index in [1.165, 1.54) is 26.6 Å². The highest BCUT2D eigenvalue weighted by molar-refractivity contribution is 5.96. The van der Waals surface area contributed by atoms with Gasteiger partial charge in [0.05, 0.1) is 50.6 Å². The maximum absolute atomic E-state index is 14.1. The molecule has 4 aliphatic rings. The topological polar surface area (TPSA) is 179 Å². The molecule has 45 heavy (non-hydrogen) atoms. The highest BCUT2D eigenvalue weighted by Crippen LogP contribution is 2.70. The van der Waals surface area contributed by atoms with Gasteiger partial charge in [-0.2, -0.15) is 0 Å². The molecule has 3 N–H and O–H groups in total. The molecule has 0 unspecified atom stereocenters. The first-order valence-electron chi connectivity index (χ1n) is 15.5. The van der Waals surface area contributed by atoms with Crippen LogP contribution in [-0.2, 0) is 38.1 Å². The van der Waals surface area contributed by atoms with E-state index >= 15 is 0 Å². The van der Waals surface area contributed by atoms with E-state index in [2.05, 4.69) is 6.58 Å². The number of carbonyl (C=O) groups excluding carboxylic acids is 4. The standard InChI is InChI=1S/C33H44O12/c1-8-16(2)26(38)29(39)44-28-27-25(17(3)33(40)21(35)11-19(32(28,33)6)18-9-10-42-14-18)31(5)20(12-23(36)41-7)30(4,15-34)45-24(37)13-22(31)43-27/h9-10,14,16,19-20,22,25-28,34,38,40H,3,8,11-13,15H2,1-2,4-7H3/t16-,19-,20-,22-,25+,26+,27+,28-,30+,31+,32+,33+/m0/s1. The lowest BCUT2D eigenvalue weighted by Crippen LogP contribution is -2.68. The summed E-state index contributed by atoms with van der Waals surface area (Å²) in [5.41, 5.74) is -5.98. The maximum atomic E-state index is 14.1. The number of cyclic esters (lactones) is 1. The Morgan fingerprint density at radius 3 is 2.47 bits per heavy atom. The molecule has 1 aromatic heterocycles. The maximum Gasteiger partial charge on any atom is 0.335 e. The Hall–Kier alpha value is -3.06. The average Bonchev–Trinajstić information content (AvgIpc) is 3.68. The number of aliphatic hydroxyl groups is 3. The quantitative estimate of drug-likeness (QED) is 0.217. The number of ketones is 1. The van der Waals surface area contributed by atoms with Gasteiger partial charge in [-0.25, -0.2) is 4.79 Å². The minimum atomic E-state index is -2.26. The molecule has 0 bridgehead atoms. The molecule has 0 amide bonds. The van der Waals surface area contributed by atoms with Gasteiger partial charge >= 0.3 is 17.9 Å². The molecule has 2 aliphatic carbocycles. The summed E-state index contributed by atoms with van der Waals surface area (Å²) in [5.74, 6) is -5.88. The molecule has 12 atom stereocenters. The molecule has 0 aromatic carbocycles. The van der Waals surface area contributed by atoms with E-state index in [9.17, 15) is 34.5 Å².